The second kappa shape index (κ2) is 5.66. The van der Waals surface area contributed by atoms with Gasteiger partial charge in [-0.2, -0.15) is 13.2 Å². The summed E-state index contributed by atoms with van der Waals surface area (Å²) in [7, 11) is -3.47. The lowest BCUT2D eigenvalue weighted by Gasteiger charge is -2.09. The zero-order valence-electron chi connectivity index (χ0n) is 9.36. The summed E-state index contributed by atoms with van der Waals surface area (Å²) in [5.74, 6) is -1.84. The highest BCUT2D eigenvalue weighted by Gasteiger charge is 2.33. The van der Waals surface area contributed by atoms with Crippen LogP contribution in [0.3, 0.4) is 0 Å². The topological polar surface area (TPSA) is 81.2 Å². The van der Waals surface area contributed by atoms with Gasteiger partial charge in [0.25, 0.3) is 0 Å². The van der Waals surface area contributed by atoms with E-state index >= 15 is 0 Å². The monoisotopic (exact) mass is 371 g/mol. The van der Waals surface area contributed by atoms with Gasteiger partial charge < -0.3 is 0 Å². The molecule has 5 nitrogen and oxygen atoms in total. The number of aromatic nitrogens is 1. The Hall–Kier alpha value is -0.580. The SMILES string of the molecule is O=S(=O)(Cl)CCS(=O)(=O)c1ncc(C(F)(F)F)cc1Cl. The van der Waals surface area contributed by atoms with Gasteiger partial charge in [0.2, 0.25) is 9.05 Å². The minimum atomic E-state index is -4.72. The third-order valence-electron chi connectivity index (χ3n) is 2.03. The van der Waals surface area contributed by atoms with Crippen LogP contribution in [0.15, 0.2) is 17.3 Å². The Balaban J connectivity index is 3.15. The van der Waals surface area contributed by atoms with Crippen molar-refractivity contribution in [3.63, 3.8) is 0 Å². The van der Waals surface area contributed by atoms with Gasteiger partial charge in [-0.15, -0.1) is 0 Å². The van der Waals surface area contributed by atoms with E-state index in [1.54, 1.807) is 0 Å². The van der Waals surface area contributed by atoms with E-state index in [0.717, 1.165) is 0 Å². The molecular weight excluding hydrogens is 366 g/mol. The lowest BCUT2D eigenvalue weighted by atomic mass is 10.3. The van der Waals surface area contributed by atoms with Crippen LogP contribution in [0.5, 0.6) is 0 Å². The van der Waals surface area contributed by atoms with Crippen LogP contribution in [0, 0.1) is 0 Å². The molecule has 1 heterocycles. The van der Waals surface area contributed by atoms with Crippen molar-refractivity contribution in [2.75, 3.05) is 11.5 Å². The molecule has 0 radical (unpaired) electrons. The van der Waals surface area contributed by atoms with Crippen molar-refractivity contribution in [2.24, 2.45) is 0 Å². The fourth-order valence-corrected chi connectivity index (χ4v) is 4.64. The average molecular weight is 372 g/mol. The maximum atomic E-state index is 12.4. The summed E-state index contributed by atoms with van der Waals surface area (Å²) in [4.78, 5) is 3.14. The third-order valence-corrected chi connectivity index (χ3v) is 5.49. The summed E-state index contributed by atoms with van der Waals surface area (Å²) in [5, 5.41) is -1.57. The van der Waals surface area contributed by atoms with Gasteiger partial charge in [0.05, 0.1) is 22.1 Å². The molecule has 0 saturated carbocycles. The van der Waals surface area contributed by atoms with Crippen LogP contribution in [-0.4, -0.2) is 33.3 Å². The lowest BCUT2D eigenvalue weighted by molar-refractivity contribution is -0.137. The quantitative estimate of drug-likeness (QED) is 0.757. The molecule has 0 bridgehead atoms. The molecule has 0 aliphatic rings. The largest absolute Gasteiger partial charge is 0.417 e. The summed E-state index contributed by atoms with van der Waals surface area (Å²) in [5.41, 5.74) is -1.22. The Morgan fingerprint density at radius 2 is 1.70 bits per heavy atom. The van der Waals surface area contributed by atoms with Gasteiger partial charge in [0.15, 0.2) is 14.9 Å². The molecule has 1 rings (SSSR count). The molecule has 0 aliphatic carbocycles. The number of hydrogen-bond donors (Lipinski definition) is 0. The van der Waals surface area contributed by atoms with E-state index in [1.807, 2.05) is 0 Å². The Bertz CT molecular complexity index is 716. The minimum Gasteiger partial charge on any atom is -0.243 e. The molecular formula is C8H6Cl2F3NO4S2. The van der Waals surface area contributed by atoms with Crippen molar-refractivity contribution in [1.82, 2.24) is 4.98 Å². The molecule has 0 aromatic carbocycles. The molecule has 0 N–H and O–H groups in total. The predicted molar refractivity (Wildman–Crippen MR) is 65.9 cm³/mol. The Labute approximate surface area is 122 Å². The van der Waals surface area contributed by atoms with Crippen LogP contribution in [0.1, 0.15) is 5.56 Å². The van der Waals surface area contributed by atoms with E-state index in [0.29, 0.717) is 12.3 Å². The zero-order chi connectivity index (χ0) is 15.8. The van der Waals surface area contributed by atoms with E-state index in [1.165, 1.54) is 0 Å². The summed E-state index contributed by atoms with van der Waals surface area (Å²) >= 11 is 5.45. The minimum absolute atomic E-state index is 0.300. The number of halogens is 5. The molecule has 0 amide bonds. The van der Waals surface area contributed by atoms with Gasteiger partial charge >= 0.3 is 6.18 Å². The van der Waals surface area contributed by atoms with E-state index in [-0.39, 0.29) is 0 Å². The van der Waals surface area contributed by atoms with Crippen LogP contribution in [-0.2, 0) is 25.1 Å². The van der Waals surface area contributed by atoms with Crippen LogP contribution in [0.4, 0.5) is 13.2 Å². The maximum Gasteiger partial charge on any atom is 0.417 e. The van der Waals surface area contributed by atoms with Crippen LogP contribution in [0.25, 0.3) is 0 Å². The van der Waals surface area contributed by atoms with Gasteiger partial charge in [-0.05, 0) is 6.07 Å². The smallest absolute Gasteiger partial charge is 0.243 e. The van der Waals surface area contributed by atoms with Crippen molar-refractivity contribution < 1.29 is 30.0 Å². The molecule has 0 fully saturated rings. The highest BCUT2D eigenvalue weighted by Crippen LogP contribution is 2.32. The van der Waals surface area contributed by atoms with Gasteiger partial charge in [-0.25, -0.2) is 21.8 Å². The van der Waals surface area contributed by atoms with E-state index in [2.05, 4.69) is 4.98 Å². The molecule has 20 heavy (non-hydrogen) atoms. The summed E-state index contributed by atoms with van der Waals surface area (Å²) in [6.07, 6.45) is -4.42. The number of alkyl halides is 3. The van der Waals surface area contributed by atoms with Crippen LogP contribution >= 0.6 is 22.3 Å². The maximum absolute atomic E-state index is 12.4. The Kier molecular flexibility index (Phi) is 4.95. The molecule has 114 valence electrons. The number of sulfone groups is 1. The van der Waals surface area contributed by atoms with Crippen molar-refractivity contribution >= 4 is 41.2 Å². The van der Waals surface area contributed by atoms with Gasteiger partial charge in [-0.3, -0.25) is 0 Å². The average Bonchev–Trinajstić information content (AvgIpc) is 2.24. The van der Waals surface area contributed by atoms with Crippen LogP contribution < -0.4 is 0 Å². The van der Waals surface area contributed by atoms with E-state index in [9.17, 15) is 30.0 Å². The van der Waals surface area contributed by atoms with Crippen LogP contribution in [0.2, 0.25) is 5.02 Å². The number of hydrogen-bond acceptors (Lipinski definition) is 5. The summed E-state index contributed by atoms with van der Waals surface area (Å²) in [6, 6.07) is 0.399. The third kappa shape index (κ3) is 4.76. The molecule has 1 aromatic rings. The van der Waals surface area contributed by atoms with Crippen molar-refractivity contribution in [3.05, 3.63) is 22.8 Å². The normalized spacial score (nSPS) is 13.4. The molecule has 0 atom stereocenters. The fourth-order valence-electron chi connectivity index (χ4n) is 1.12. The number of nitrogens with zero attached hydrogens (tertiary/aromatic N) is 1. The van der Waals surface area contributed by atoms with Crippen molar-refractivity contribution in [2.45, 2.75) is 11.2 Å². The molecule has 0 aliphatic heterocycles. The van der Waals surface area contributed by atoms with Gasteiger partial charge in [0.1, 0.15) is 0 Å². The highest BCUT2D eigenvalue weighted by atomic mass is 35.7. The first-order valence-corrected chi connectivity index (χ1v) is 9.21. The Morgan fingerprint density at radius 3 is 2.10 bits per heavy atom. The highest BCUT2D eigenvalue weighted by molar-refractivity contribution is 8.14. The van der Waals surface area contributed by atoms with Crippen molar-refractivity contribution in [3.8, 4) is 0 Å². The number of pyridine rings is 1. The first-order valence-electron chi connectivity index (χ1n) is 4.71. The second-order valence-electron chi connectivity index (χ2n) is 3.57. The second-order valence-corrected chi connectivity index (χ2v) is 8.90. The first-order chi connectivity index (χ1) is 8.83. The zero-order valence-corrected chi connectivity index (χ0v) is 12.5. The fraction of sp³-hybridized carbons (Fsp3) is 0.375. The first kappa shape index (κ1) is 17.5. The van der Waals surface area contributed by atoms with E-state index < -0.39 is 52.2 Å². The summed E-state index contributed by atoms with van der Waals surface area (Å²) in [6.45, 7) is 0. The standard InChI is InChI=1S/C8H6Cl2F3NO4S2/c9-6-3-5(8(11,12)13)4-14-7(6)19(15,16)1-2-20(10,17)18/h3-4H,1-2H2. The molecule has 0 saturated heterocycles. The molecule has 12 heteroatoms. The lowest BCUT2D eigenvalue weighted by Crippen LogP contribution is -2.16. The van der Waals surface area contributed by atoms with Gasteiger partial charge in [-0.1, -0.05) is 11.6 Å². The number of rotatable bonds is 4. The molecule has 1 aromatic heterocycles. The van der Waals surface area contributed by atoms with Crippen molar-refractivity contribution in [1.29, 1.82) is 0 Å². The van der Waals surface area contributed by atoms with E-state index in [4.69, 9.17) is 22.3 Å². The van der Waals surface area contributed by atoms with Gasteiger partial charge in [0, 0.05) is 16.9 Å². The summed E-state index contributed by atoms with van der Waals surface area (Å²) < 4.78 is 81.8. The Morgan fingerprint density at radius 1 is 1.15 bits per heavy atom. The molecule has 0 unspecified atom stereocenters. The molecule has 0 spiro atoms. The predicted octanol–water partition coefficient (Wildman–Crippen LogP) is 2.10.